The topological polar surface area (TPSA) is 62.2 Å². The Morgan fingerprint density at radius 3 is 2.42 bits per heavy atom. The van der Waals surface area contributed by atoms with Crippen molar-refractivity contribution in [3.63, 3.8) is 0 Å². The summed E-state index contributed by atoms with van der Waals surface area (Å²) in [6, 6.07) is 10.7. The third kappa shape index (κ3) is 4.43. The van der Waals surface area contributed by atoms with Gasteiger partial charge in [-0.25, -0.2) is 0 Å². The number of rotatable bonds is 5. The van der Waals surface area contributed by atoms with Crippen LogP contribution in [0.5, 0.6) is 5.75 Å². The molecule has 2 aromatic rings. The lowest BCUT2D eigenvalue weighted by Crippen LogP contribution is -2.27. The Balaban J connectivity index is 1.74. The highest BCUT2D eigenvalue weighted by Gasteiger charge is 2.02. The molecule has 1 aromatic heterocycles. The Bertz CT molecular complexity index is 524. The lowest BCUT2D eigenvalue weighted by atomic mass is 10.1. The highest BCUT2D eigenvalue weighted by atomic mass is 16.3. The maximum absolute atomic E-state index is 11.7. The fraction of sp³-hybridized carbons (Fsp3) is 0.200. The third-order valence-electron chi connectivity index (χ3n) is 2.79. The van der Waals surface area contributed by atoms with Crippen LogP contribution in [0, 0.1) is 0 Å². The van der Waals surface area contributed by atoms with Crippen LogP contribution >= 0.6 is 0 Å². The lowest BCUT2D eigenvalue weighted by Gasteiger charge is -2.05. The molecule has 0 spiro atoms. The Kier molecular flexibility index (Phi) is 4.50. The maximum atomic E-state index is 11.7. The molecule has 0 unspecified atom stereocenters. The highest BCUT2D eigenvalue weighted by molar-refractivity contribution is 5.78. The number of phenols is 1. The van der Waals surface area contributed by atoms with Gasteiger partial charge < -0.3 is 10.4 Å². The number of aromatic hydroxyl groups is 1. The molecule has 4 heteroatoms. The molecule has 0 saturated heterocycles. The van der Waals surface area contributed by atoms with Crippen molar-refractivity contribution in [1.29, 1.82) is 0 Å². The van der Waals surface area contributed by atoms with E-state index in [4.69, 9.17) is 5.11 Å². The van der Waals surface area contributed by atoms with Crippen LogP contribution in [0.2, 0.25) is 0 Å². The van der Waals surface area contributed by atoms with E-state index < -0.39 is 0 Å². The van der Waals surface area contributed by atoms with Gasteiger partial charge in [-0.1, -0.05) is 12.1 Å². The molecule has 98 valence electrons. The smallest absolute Gasteiger partial charge is 0.224 e. The van der Waals surface area contributed by atoms with Gasteiger partial charge in [-0.2, -0.15) is 0 Å². The van der Waals surface area contributed by atoms with Crippen LogP contribution in [-0.2, 0) is 17.6 Å². The average Bonchev–Trinajstić information content (AvgIpc) is 2.42. The van der Waals surface area contributed by atoms with Crippen molar-refractivity contribution in [3.8, 4) is 5.75 Å². The summed E-state index contributed by atoms with van der Waals surface area (Å²) in [7, 11) is 0. The second-order valence-corrected chi connectivity index (χ2v) is 4.30. The summed E-state index contributed by atoms with van der Waals surface area (Å²) in [4.78, 5) is 15.6. The van der Waals surface area contributed by atoms with Crippen molar-refractivity contribution in [1.82, 2.24) is 10.3 Å². The number of hydrogen-bond acceptors (Lipinski definition) is 3. The molecule has 0 bridgehead atoms. The minimum Gasteiger partial charge on any atom is -0.508 e. The quantitative estimate of drug-likeness (QED) is 0.855. The van der Waals surface area contributed by atoms with Gasteiger partial charge in [-0.05, 0) is 41.8 Å². The monoisotopic (exact) mass is 256 g/mol. The number of phenolic OH excluding ortho intramolecular Hbond substituents is 1. The number of nitrogens with zero attached hydrogens (tertiary/aromatic N) is 1. The molecular weight excluding hydrogens is 240 g/mol. The normalized spacial score (nSPS) is 10.1. The average molecular weight is 256 g/mol. The highest BCUT2D eigenvalue weighted by Crippen LogP contribution is 2.09. The molecular formula is C15H16N2O2. The third-order valence-corrected chi connectivity index (χ3v) is 2.79. The first-order valence-corrected chi connectivity index (χ1v) is 6.17. The van der Waals surface area contributed by atoms with Crippen LogP contribution in [0.4, 0.5) is 0 Å². The summed E-state index contributed by atoms with van der Waals surface area (Å²) < 4.78 is 0. The number of aromatic nitrogens is 1. The SMILES string of the molecule is O=C(Cc1ccncc1)NCCc1ccc(O)cc1. The van der Waals surface area contributed by atoms with Gasteiger partial charge in [-0.3, -0.25) is 9.78 Å². The number of amides is 1. The van der Waals surface area contributed by atoms with Crippen molar-refractivity contribution in [3.05, 3.63) is 59.9 Å². The van der Waals surface area contributed by atoms with Crippen LogP contribution in [-0.4, -0.2) is 22.5 Å². The maximum Gasteiger partial charge on any atom is 0.224 e. The zero-order chi connectivity index (χ0) is 13.5. The van der Waals surface area contributed by atoms with E-state index in [1.54, 1.807) is 24.5 Å². The summed E-state index contributed by atoms with van der Waals surface area (Å²) in [6.45, 7) is 0.592. The first kappa shape index (κ1) is 13.1. The van der Waals surface area contributed by atoms with Gasteiger partial charge in [0.1, 0.15) is 5.75 Å². The Hall–Kier alpha value is -2.36. The first-order chi connectivity index (χ1) is 9.24. The van der Waals surface area contributed by atoms with Gasteiger partial charge in [0.15, 0.2) is 0 Å². The summed E-state index contributed by atoms with van der Waals surface area (Å²) in [5.41, 5.74) is 2.04. The van der Waals surface area contributed by atoms with Crippen molar-refractivity contribution in [2.75, 3.05) is 6.54 Å². The number of hydrogen-bond donors (Lipinski definition) is 2. The van der Waals surface area contributed by atoms with E-state index in [1.165, 1.54) is 0 Å². The zero-order valence-corrected chi connectivity index (χ0v) is 10.5. The molecule has 19 heavy (non-hydrogen) atoms. The van der Waals surface area contributed by atoms with Gasteiger partial charge in [0.25, 0.3) is 0 Å². The van der Waals surface area contributed by atoms with E-state index in [0.29, 0.717) is 13.0 Å². The summed E-state index contributed by atoms with van der Waals surface area (Å²) in [6.07, 6.45) is 4.48. The molecule has 0 radical (unpaired) electrons. The van der Waals surface area contributed by atoms with E-state index in [0.717, 1.165) is 17.5 Å². The van der Waals surface area contributed by atoms with Crippen LogP contribution < -0.4 is 5.32 Å². The Morgan fingerprint density at radius 2 is 1.74 bits per heavy atom. The van der Waals surface area contributed by atoms with Crippen LogP contribution in [0.25, 0.3) is 0 Å². The van der Waals surface area contributed by atoms with Gasteiger partial charge in [0.05, 0.1) is 6.42 Å². The predicted molar refractivity (Wildman–Crippen MR) is 72.8 cm³/mol. The molecule has 0 aliphatic rings. The zero-order valence-electron chi connectivity index (χ0n) is 10.5. The van der Waals surface area contributed by atoms with Crippen molar-refractivity contribution in [2.45, 2.75) is 12.8 Å². The summed E-state index contributed by atoms with van der Waals surface area (Å²) >= 11 is 0. The molecule has 1 heterocycles. The fourth-order valence-electron chi connectivity index (χ4n) is 1.76. The van der Waals surface area contributed by atoms with Crippen molar-refractivity contribution < 1.29 is 9.90 Å². The van der Waals surface area contributed by atoms with Gasteiger partial charge in [-0.15, -0.1) is 0 Å². The van der Waals surface area contributed by atoms with Crippen LogP contribution in [0.1, 0.15) is 11.1 Å². The minimum absolute atomic E-state index is 0.00461. The number of carbonyl (C=O) groups excluding carboxylic acids is 1. The Labute approximate surface area is 112 Å². The molecule has 0 saturated carbocycles. The van der Waals surface area contributed by atoms with E-state index in [-0.39, 0.29) is 11.7 Å². The van der Waals surface area contributed by atoms with Gasteiger partial charge in [0, 0.05) is 18.9 Å². The number of benzene rings is 1. The van der Waals surface area contributed by atoms with E-state index in [9.17, 15) is 4.79 Å². The molecule has 2 N–H and O–H groups in total. The van der Waals surface area contributed by atoms with Gasteiger partial charge >= 0.3 is 0 Å². The lowest BCUT2D eigenvalue weighted by molar-refractivity contribution is -0.120. The molecule has 1 amide bonds. The molecule has 1 aromatic carbocycles. The molecule has 0 fully saturated rings. The van der Waals surface area contributed by atoms with Crippen molar-refractivity contribution >= 4 is 5.91 Å². The second-order valence-electron chi connectivity index (χ2n) is 4.30. The molecule has 0 aliphatic carbocycles. The van der Waals surface area contributed by atoms with Crippen LogP contribution in [0.3, 0.4) is 0 Å². The minimum atomic E-state index is 0.00461. The second kappa shape index (κ2) is 6.54. The number of carbonyl (C=O) groups is 1. The Morgan fingerprint density at radius 1 is 1.05 bits per heavy atom. The number of nitrogens with one attached hydrogen (secondary N) is 1. The first-order valence-electron chi connectivity index (χ1n) is 6.17. The predicted octanol–water partition coefficient (Wildman–Crippen LogP) is 1.69. The van der Waals surface area contributed by atoms with E-state index >= 15 is 0 Å². The fourth-order valence-corrected chi connectivity index (χ4v) is 1.76. The largest absolute Gasteiger partial charge is 0.508 e. The molecule has 0 aliphatic heterocycles. The van der Waals surface area contributed by atoms with Gasteiger partial charge in [0.2, 0.25) is 5.91 Å². The van der Waals surface area contributed by atoms with Crippen molar-refractivity contribution in [2.24, 2.45) is 0 Å². The standard InChI is InChI=1S/C15H16N2O2/c18-14-3-1-12(2-4-14)7-10-17-15(19)11-13-5-8-16-9-6-13/h1-6,8-9,18H,7,10-11H2,(H,17,19). The molecule has 0 atom stereocenters. The molecule has 2 rings (SSSR count). The van der Waals surface area contributed by atoms with E-state index in [1.807, 2.05) is 24.3 Å². The summed E-state index contributed by atoms with van der Waals surface area (Å²) in [5.74, 6) is 0.260. The summed E-state index contributed by atoms with van der Waals surface area (Å²) in [5, 5.41) is 12.0. The van der Waals surface area contributed by atoms with E-state index in [2.05, 4.69) is 10.3 Å². The number of pyridine rings is 1. The molecule has 4 nitrogen and oxygen atoms in total. The van der Waals surface area contributed by atoms with Crippen LogP contribution in [0.15, 0.2) is 48.8 Å².